The van der Waals surface area contributed by atoms with Crippen molar-refractivity contribution in [2.75, 3.05) is 11.9 Å². The number of carbonyl (C=O) groups is 1. The zero-order chi connectivity index (χ0) is 18.2. The zero-order valence-electron chi connectivity index (χ0n) is 15.2. The van der Waals surface area contributed by atoms with Crippen LogP contribution in [0.25, 0.3) is 0 Å². The molecule has 1 aliphatic carbocycles. The van der Waals surface area contributed by atoms with Crippen molar-refractivity contribution in [3.05, 3.63) is 36.1 Å². The Balaban J connectivity index is 1.42. The first-order valence-corrected chi connectivity index (χ1v) is 9.31. The normalized spacial score (nSPS) is 15.7. The molecule has 7 nitrogen and oxygen atoms in total. The number of carbonyl (C=O) groups excluding carboxylic acids is 1. The Morgan fingerprint density at radius 2 is 2.15 bits per heavy atom. The minimum atomic E-state index is -0.456. The van der Waals surface area contributed by atoms with Crippen molar-refractivity contribution >= 4 is 11.8 Å². The van der Waals surface area contributed by atoms with Gasteiger partial charge in [0, 0.05) is 26.1 Å². The minimum Gasteiger partial charge on any atom is -0.459 e. The molecule has 1 saturated carbocycles. The maximum absolute atomic E-state index is 11.4. The second-order valence-electron chi connectivity index (χ2n) is 6.86. The van der Waals surface area contributed by atoms with Gasteiger partial charge in [-0.3, -0.25) is 4.79 Å². The van der Waals surface area contributed by atoms with Gasteiger partial charge in [-0.05, 0) is 50.7 Å². The monoisotopic (exact) mass is 358 g/mol. The van der Waals surface area contributed by atoms with Crippen LogP contribution < -0.4 is 5.32 Å². The van der Waals surface area contributed by atoms with Gasteiger partial charge in [0.05, 0.1) is 6.42 Å². The van der Waals surface area contributed by atoms with Crippen molar-refractivity contribution in [2.45, 2.75) is 63.9 Å². The maximum atomic E-state index is 11.4. The first-order chi connectivity index (χ1) is 12.7. The van der Waals surface area contributed by atoms with Gasteiger partial charge in [-0.15, -0.1) is 0 Å². The van der Waals surface area contributed by atoms with Gasteiger partial charge in [-0.2, -0.15) is 4.98 Å². The maximum Gasteiger partial charge on any atom is 0.303 e. The number of pyridine rings is 1. The number of aryl methyl sites for hydroxylation is 1. The summed E-state index contributed by atoms with van der Waals surface area (Å²) in [5.41, 5.74) is -0.456. The van der Waals surface area contributed by atoms with E-state index in [-0.39, 0.29) is 5.97 Å². The summed E-state index contributed by atoms with van der Waals surface area (Å²) in [4.78, 5) is 20.1. The summed E-state index contributed by atoms with van der Waals surface area (Å²) >= 11 is 0. The van der Waals surface area contributed by atoms with Crippen molar-refractivity contribution in [2.24, 2.45) is 0 Å². The fourth-order valence-corrected chi connectivity index (χ4v) is 3.47. The highest BCUT2D eigenvalue weighted by atomic mass is 16.6. The number of nitrogens with zero attached hydrogens (tertiary/aromatic N) is 3. The van der Waals surface area contributed by atoms with Crippen molar-refractivity contribution in [3.63, 3.8) is 0 Å². The number of ether oxygens (including phenoxy) is 1. The van der Waals surface area contributed by atoms with Crippen LogP contribution in [0.5, 0.6) is 0 Å². The summed E-state index contributed by atoms with van der Waals surface area (Å²) in [6.45, 7) is 2.32. The predicted octanol–water partition coefficient (Wildman–Crippen LogP) is 3.32. The number of hydrogen-bond donors (Lipinski definition) is 1. The molecule has 0 radical (unpaired) electrons. The topological polar surface area (TPSA) is 90.1 Å². The Labute approximate surface area is 153 Å². The molecule has 0 spiro atoms. The summed E-state index contributed by atoms with van der Waals surface area (Å²) in [5.74, 6) is 1.93. The van der Waals surface area contributed by atoms with Crippen LogP contribution in [-0.4, -0.2) is 33.2 Å². The molecule has 0 saturated heterocycles. The molecule has 3 rings (SSSR count). The van der Waals surface area contributed by atoms with Crippen molar-refractivity contribution in [1.82, 2.24) is 15.1 Å². The summed E-state index contributed by atoms with van der Waals surface area (Å²) in [6.07, 6.45) is 8.89. The predicted molar refractivity (Wildman–Crippen MR) is 96.6 cm³/mol. The quantitative estimate of drug-likeness (QED) is 0.543. The van der Waals surface area contributed by atoms with Crippen LogP contribution >= 0.6 is 0 Å². The highest BCUT2D eigenvalue weighted by Crippen LogP contribution is 2.36. The molecule has 0 aromatic carbocycles. The first kappa shape index (κ1) is 18.4. The first-order valence-electron chi connectivity index (χ1n) is 9.31. The van der Waals surface area contributed by atoms with Gasteiger partial charge < -0.3 is 14.6 Å². The number of nitrogens with one attached hydrogen (secondary N) is 1. The van der Waals surface area contributed by atoms with Gasteiger partial charge in [0.1, 0.15) is 11.4 Å². The standard InChI is InChI=1S/C19H26N4O3/c1-15(24)25-19(10-4-5-11-19)14-18-22-17(23-26-18)9-3-7-13-21-16-8-2-6-12-20-16/h2,6,8,12H,3-5,7,9-11,13-14H2,1H3,(H,20,21). The molecule has 2 aromatic heterocycles. The fraction of sp³-hybridized carbons (Fsp3) is 0.579. The van der Waals surface area contributed by atoms with Crippen LogP contribution in [0.15, 0.2) is 28.9 Å². The average molecular weight is 358 g/mol. The number of rotatable bonds is 9. The van der Waals surface area contributed by atoms with Crippen LogP contribution in [0.1, 0.15) is 57.2 Å². The summed E-state index contributed by atoms with van der Waals surface area (Å²) in [6, 6.07) is 5.81. The Morgan fingerprint density at radius 3 is 2.88 bits per heavy atom. The lowest BCUT2D eigenvalue weighted by Gasteiger charge is -2.26. The van der Waals surface area contributed by atoms with E-state index in [0.29, 0.717) is 18.1 Å². The van der Waals surface area contributed by atoms with Gasteiger partial charge in [-0.1, -0.05) is 11.2 Å². The molecule has 7 heteroatoms. The number of esters is 1. The third-order valence-electron chi connectivity index (χ3n) is 4.66. The number of anilines is 1. The number of unbranched alkanes of at least 4 members (excludes halogenated alkanes) is 1. The van der Waals surface area contributed by atoms with Crippen molar-refractivity contribution < 1.29 is 14.1 Å². The average Bonchev–Trinajstić information content (AvgIpc) is 3.25. The van der Waals surface area contributed by atoms with Gasteiger partial charge in [0.15, 0.2) is 5.82 Å². The molecule has 2 aromatic rings. The largest absolute Gasteiger partial charge is 0.459 e. The molecule has 1 aliphatic rings. The van der Waals surface area contributed by atoms with Crippen molar-refractivity contribution in [3.8, 4) is 0 Å². The smallest absolute Gasteiger partial charge is 0.303 e. The Morgan fingerprint density at radius 1 is 1.31 bits per heavy atom. The molecule has 26 heavy (non-hydrogen) atoms. The van der Waals surface area contributed by atoms with E-state index in [9.17, 15) is 4.79 Å². The number of aromatic nitrogens is 3. The lowest BCUT2D eigenvalue weighted by molar-refractivity contribution is -0.156. The zero-order valence-corrected chi connectivity index (χ0v) is 15.2. The fourth-order valence-electron chi connectivity index (χ4n) is 3.47. The molecule has 0 unspecified atom stereocenters. The van der Waals surface area contributed by atoms with Gasteiger partial charge in [0.2, 0.25) is 5.89 Å². The second-order valence-corrected chi connectivity index (χ2v) is 6.86. The molecule has 140 valence electrons. The van der Waals surface area contributed by atoms with Crippen LogP contribution in [0.3, 0.4) is 0 Å². The third kappa shape index (κ3) is 5.28. The highest BCUT2D eigenvalue weighted by Gasteiger charge is 2.39. The molecule has 2 heterocycles. The molecule has 0 bridgehead atoms. The van der Waals surface area contributed by atoms with Gasteiger partial charge >= 0.3 is 5.97 Å². The van der Waals surface area contributed by atoms with E-state index in [1.54, 1.807) is 6.20 Å². The van der Waals surface area contributed by atoms with E-state index in [2.05, 4.69) is 20.4 Å². The second kappa shape index (κ2) is 8.78. The van der Waals surface area contributed by atoms with E-state index in [1.807, 2.05) is 18.2 Å². The Bertz CT molecular complexity index is 696. The van der Waals surface area contributed by atoms with Crippen LogP contribution in [0.2, 0.25) is 0 Å². The third-order valence-corrected chi connectivity index (χ3v) is 4.66. The van der Waals surface area contributed by atoms with Crippen LogP contribution in [-0.2, 0) is 22.4 Å². The van der Waals surface area contributed by atoms with Crippen LogP contribution in [0.4, 0.5) is 5.82 Å². The van der Waals surface area contributed by atoms with E-state index >= 15 is 0 Å². The van der Waals surface area contributed by atoms with Crippen molar-refractivity contribution in [1.29, 1.82) is 0 Å². The summed E-state index contributed by atoms with van der Waals surface area (Å²) in [7, 11) is 0. The molecular formula is C19H26N4O3. The summed E-state index contributed by atoms with van der Waals surface area (Å²) in [5, 5.41) is 7.35. The lowest BCUT2D eigenvalue weighted by atomic mass is 9.97. The van der Waals surface area contributed by atoms with Gasteiger partial charge in [0.25, 0.3) is 0 Å². The highest BCUT2D eigenvalue weighted by molar-refractivity contribution is 5.66. The molecule has 1 N–H and O–H groups in total. The van der Waals surface area contributed by atoms with Crippen LogP contribution in [0, 0.1) is 0 Å². The summed E-state index contributed by atoms with van der Waals surface area (Å²) < 4.78 is 11.0. The molecule has 0 amide bonds. The molecular weight excluding hydrogens is 332 g/mol. The van der Waals surface area contributed by atoms with E-state index in [1.165, 1.54) is 6.92 Å². The van der Waals surface area contributed by atoms with E-state index in [0.717, 1.165) is 57.3 Å². The number of hydrogen-bond acceptors (Lipinski definition) is 7. The molecule has 1 fully saturated rings. The lowest BCUT2D eigenvalue weighted by Crippen LogP contribution is -2.33. The molecule has 0 aliphatic heterocycles. The molecule has 0 atom stereocenters. The van der Waals surface area contributed by atoms with E-state index < -0.39 is 5.60 Å². The Hall–Kier alpha value is -2.44. The van der Waals surface area contributed by atoms with E-state index in [4.69, 9.17) is 9.26 Å². The minimum absolute atomic E-state index is 0.243. The Kier molecular flexibility index (Phi) is 6.20. The SMILES string of the molecule is CC(=O)OC1(Cc2nc(CCCCNc3ccccn3)no2)CCCC1. The van der Waals surface area contributed by atoms with Gasteiger partial charge in [-0.25, -0.2) is 4.98 Å².